The molecule has 1 aliphatic rings. The van der Waals surface area contributed by atoms with Gasteiger partial charge in [-0.15, -0.1) is 0 Å². The van der Waals surface area contributed by atoms with E-state index in [0.717, 1.165) is 12.2 Å². The van der Waals surface area contributed by atoms with Gasteiger partial charge >= 0.3 is 0 Å². The van der Waals surface area contributed by atoms with E-state index in [2.05, 4.69) is 54.6 Å². The molecule has 1 fully saturated rings. The molecular formula is C23H32N4O3S2. The lowest BCUT2D eigenvalue weighted by atomic mass is 10.1. The molecule has 0 radical (unpaired) electrons. The fourth-order valence-electron chi connectivity index (χ4n) is 3.33. The van der Waals surface area contributed by atoms with Crippen molar-refractivity contribution in [1.82, 2.24) is 14.5 Å². The number of morpholine rings is 1. The van der Waals surface area contributed by atoms with Crippen LogP contribution in [-0.2, 0) is 27.8 Å². The van der Waals surface area contributed by atoms with Crippen LogP contribution in [0.1, 0.15) is 25.0 Å². The Morgan fingerprint density at radius 1 is 1.09 bits per heavy atom. The number of benzene rings is 2. The molecule has 0 aliphatic carbocycles. The van der Waals surface area contributed by atoms with Crippen LogP contribution in [0.5, 0.6) is 0 Å². The molecule has 2 N–H and O–H groups in total. The average molecular weight is 477 g/mol. The van der Waals surface area contributed by atoms with E-state index in [4.69, 9.17) is 17.0 Å². The molecule has 174 valence electrons. The number of anilines is 1. The molecule has 1 aliphatic heterocycles. The zero-order valence-corrected chi connectivity index (χ0v) is 20.5. The smallest absolute Gasteiger partial charge is 0.243 e. The van der Waals surface area contributed by atoms with Crippen LogP contribution in [-0.4, -0.2) is 62.1 Å². The first-order valence-corrected chi connectivity index (χ1v) is 12.6. The van der Waals surface area contributed by atoms with Gasteiger partial charge in [0.1, 0.15) is 0 Å². The second-order valence-corrected chi connectivity index (χ2v) is 10.5. The molecule has 1 saturated heterocycles. The van der Waals surface area contributed by atoms with E-state index in [1.165, 1.54) is 15.4 Å². The van der Waals surface area contributed by atoms with E-state index in [0.29, 0.717) is 44.0 Å². The Hall–Kier alpha value is -2.04. The van der Waals surface area contributed by atoms with Crippen molar-refractivity contribution in [3.05, 3.63) is 59.7 Å². The van der Waals surface area contributed by atoms with Crippen molar-refractivity contribution in [3.8, 4) is 0 Å². The van der Waals surface area contributed by atoms with E-state index in [1.807, 2.05) is 6.07 Å². The van der Waals surface area contributed by atoms with E-state index < -0.39 is 10.0 Å². The molecule has 0 atom stereocenters. The summed E-state index contributed by atoms with van der Waals surface area (Å²) in [5.41, 5.74) is 3.18. The Balaban J connectivity index is 1.57. The monoisotopic (exact) mass is 476 g/mol. The lowest BCUT2D eigenvalue weighted by Crippen LogP contribution is -2.40. The molecule has 0 unspecified atom stereocenters. The fourth-order valence-corrected chi connectivity index (χ4v) is 4.93. The first-order chi connectivity index (χ1) is 15.3. The van der Waals surface area contributed by atoms with Crippen LogP contribution in [0.2, 0.25) is 0 Å². The Bertz CT molecular complexity index is 1000. The van der Waals surface area contributed by atoms with Crippen LogP contribution in [0.15, 0.2) is 53.4 Å². The summed E-state index contributed by atoms with van der Waals surface area (Å²) in [6.07, 6.45) is 0. The van der Waals surface area contributed by atoms with Gasteiger partial charge in [-0.2, -0.15) is 4.31 Å². The quantitative estimate of drug-likeness (QED) is 0.568. The number of nitrogens with one attached hydrogen (secondary N) is 2. The summed E-state index contributed by atoms with van der Waals surface area (Å²) in [5, 5.41) is 6.87. The summed E-state index contributed by atoms with van der Waals surface area (Å²) in [6.45, 7) is 7.45. The third-order valence-corrected chi connectivity index (χ3v) is 7.74. The molecule has 0 saturated carbocycles. The van der Waals surface area contributed by atoms with Gasteiger partial charge in [0.2, 0.25) is 10.0 Å². The zero-order valence-electron chi connectivity index (χ0n) is 18.9. The highest BCUT2D eigenvalue weighted by Gasteiger charge is 2.26. The van der Waals surface area contributed by atoms with Crippen molar-refractivity contribution in [1.29, 1.82) is 0 Å². The molecule has 0 spiro atoms. The molecule has 0 aromatic heterocycles. The van der Waals surface area contributed by atoms with E-state index in [9.17, 15) is 8.42 Å². The van der Waals surface area contributed by atoms with Gasteiger partial charge in [-0.05, 0) is 68.5 Å². The molecule has 2 aromatic rings. The van der Waals surface area contributed by atoms with Crippen LogP contribution < -0.4 is 10.6 Å². The Morgan fingerprint density at radius 3 is 2.34 bits per heavy atom. The summed E-state index contributed by atoms with van der Waals surface area (Å²) in [7, 11) is -1.39. The van der Waals surface area contributed by atoms with Gasteiger partial charge in [0, 0.05) is 37.9 Å². The van der Waals surface area contributed by atoms with Gasteiger partial charge in [-0.3, -0.25) is 4.90 Å². The number of hydrogen-bond donors (Lipinski definition) is 2. The predicted octanol–water partition coefficient (Wildman–Crippen LogP) is 3.03. The van der Waals surface area contributed by atoms with Gasteiger partial charge in [0.15, 0.2) is 5.11 Å². The van der Waals surface area contributed by atoms with Crippen LogP contribution in [0.4, 0.5) is 5.69 Å². The van der Waals surface area contributed by atoms with Crippen molar-refractivity contribution in [2.45, 2.75) is 37.9 Å². The van der Waals surface area contributed by atoms with Crippen molar-refractivity contribution in [2.24, 2.45) is 0 Å². The van der Waals surface area contributed by atoms with Crippen LogP contribution >= 0.6 is 12.2 Å². The van der Waals surface area contributed by atoms with Crippen molar-refractivity contribution >= 4 is 33.0 Å². The first-order valence-electron chi connectivity index (χ1n) is 10.8. The van der Waals surface area contributed by atoms with E-state index >= 15 is 0 Å². The predicted molar refractivity (Wildman–Crippen MR) is 132 cm³/mol. The Labute approximate surface area is 196 Å². The molecule has 9 heteroatoms. The van der Waals surface area contributed by atoms with Crippen molar-refractivity contribution in [3.63, 3.8) is 0 Å². The van der Waals surface area contributed by atoms with Crippen molar-refractivity contribution < 1.29 is 13.2 Å². The zero-order chi connectivity index (χ0) is 23.1. The maximum atomic E-state index is 12.7. The molecule has 0 amide bonds. The van der Waals surface area contributed by atoms with Gasteiger partial charge in [-0.25, -0.2) is 8.42 Å². The molecule has 0 bridgehead atoms. The summed E-state index contributed by atoms with van der Waals surface area (Å²) in [4.78, 5) is 2.56. The molecule has 2 aromatic carbocycles. The number of hydrogen-bond acceptors (Lipinski definition) is 5. The van der Waals surface area contributed by atoms with Gasteiger partial charge in [-0.1, -0.05) is 24.3 Å². The largest absolute Gasteiger partial charge is 0.379 e. The molecule has 32 heavy (non-hydrogen) atoms. The lowest BCUT2D eigenvalue weighted by molar-refractivity contribution is 0.0730. The first kappa shape index (κ1) is 24.6. The highest BCUT2D eigenvalue weighted by Crippen LogP contribution is 2.19. The third-order valence-electron chi connectivity index (χ3n) is 5.58. The minimum absolute atomic E-state index is 0.270. The minimum atomic E-state index is -3.50. The molecule has 1 heterocycles. The number of nitrogens with zero attached hydrogens (tertiary/aromatic N) is 2. The maximum Gasteiger partial charge on any atom is 0.243 e. The summed E-state index contributed by atoms with van der Waals surface area (Å²) >= 11 is 5.44. The van der Waals surface area contributed by atoms with Gasteiger partial charge < -0.3 is 15.4 Å². The minimum Gasteiger partial charge on any atom is -0.379 e. The summed E-state index contributed by atoms with van der Waals surface area (Å²) in [6, 6.07) is 15.5. The summed E-state index contributed by atoms with van der Waals surface area (Å²) < 4.78 is 32.2. The van der Waals surface area contributed by atoms with Gasteiger partial charge in [0.25, 0.3) is 0 Å². The average Bonchev–Trinajstić information content (AvgIpc) is 2.79. The topological polar surface area (TPSA) is 73.9 Å². The maximum absolute atomic E-state index is 12.7. The fraction of sp³-hybridized carbons (Fsp3) is 0.435. The van der Waals surface area contributed by atoms with Crippen LogP contribution in [0.25, 0.3) is 0 Å². The molecule has 7 nitrogen and oxygen atoms in total. The van der Waals surface area contributed by atoms with Crippen molar-refractivity contribution in [2.75, 3.05) is 38.7 Å². The Kier molecular flexibility index (Phi) is 8.61. The number of rotatable bonds is 8. The SMILES string of the molecule is CC(C)N(C)Cc1ccccc1CNC(=S)Nc1ccc(S(=O)(=O)N2CCOCC2)cc1. The second kappa shape index (κ2) is 11.2. The highest BCUT2D eigenvalue weighted by molar-refractivity contribution is 7.89. The highest BCUT2D eigenvalue weighted by atomic mass is 32.2. The summed E-state index contributed by atoms with van der Waals surface area (Å²) in [5.74, 6) is 0. The van der Waals surface area contributed by atoms with E-state index in [1.54, 1.807) is 24.3 Å². The number of thiocarbonyl (C=S) groups is 1. The number of ether oxygens (including phenoxy) is 1. The van der Waals surface area contributed by atoms with Gasteiger partial charge in [0.05, 0.1) is 18.1 Å². The Morgan fingerprint density at radius 2 is 1.72 bits per heavy atom. The van der Waals surface area contributed by atoms with Crippen LogP contribution in [0.3, 0.4) is 0 Å². The normalized spacial score (nSPS) is 15.2. The van der Waals surface area contributed by atoms with E-state index in [-0.39, 0.29) is 4.90 Å². The standard InChI is InChI=1S/C23H32N4O3S2/c1-18(2)26(3)17-20-7-5-4-6-19(20)16-24-23(31)25-21-8-10-22(11-9-21)32(28,29)27-12-14-30-15-13-27/h4-11,18H,12-17H2,1-3H3,(H2,24,25,31). The van der Waals surface area contributed by atoms with Crippen LogP contribution in [0, 0.1) is 0 Å². The molecule has 3 rings (SSSR count). The second-order valence-electron chi connectivity index (χ2n) is 8.13. The number of sulfonamides is 1. The lowest BCUT2D eigenvalue weighted by Gasteiger charge is -2.26. The third kappa shape index (κ3) is 6.49. The molecular weight excluding hydrogens is 444 g/mol.